The third kappa shape index (κ3) is 4.78. The van der Waals surface area contributed by atoms with Gasteiger partial charge in [0.25, 0.3) is 10.0 Å². The zero-order valence-electron chi connectivity index (χ0n) is 18.6. The molecule has 0 radical (unpaired) electrons. The van der Waals surface area contributed by atoms with E-state index in [1.165, 1.54) is 0 Å². The number of ketones is 1. The molecule has 0 heterocycles. The standard InChI is InChI=1S/C26H24N2O4S/c1-17(2)18-8-14-21(15-9-18)33(30,31)28-24-16-25(26(29)23-7-5-4-6-22(23)24)27-19-10-12-20(32-3)13-11-19/h4-15,17H,16H2,1-3H3/b27-25?,28-24-. The number of hydrogen-bond donors (Lipinski definition) is 0. The third-order valence-electron chi connectivity index (χ3n) is 5.49. The molecule has 0 fully saturated rings. The summed E-state index contributed by atoms with van der Waals surface area (Å²) in [7, 11) is -2.39. The van der Waals surface area contributed by atoms with Crippen LogP contribution < -0.4 is 4.74 Å². The lowest BCUT2D eigenvalue weighted by molar-refractivity contribution is 0.106. The van der Waals surface area contributed by atoms with Gasteiger partial charge in [-0.1, -0.05) is 50.2 Å². The summed E-state index contributed by atoms with van der Waals surface area (Å²) < 4.78 is 35.5. The highest BCUT2D eigenvalue weighted by molar-refractivity contribution is 7.90. The number of rotatable bonds is 5. The Labute approximate surface area is 193 Å². The average Bonchev–Trinajstić information content (AvgIpc) is 2.82. The lowest BCUT2D eigenvalue weighted by Crippen LogP contribution is -2.28. The van der Waals surface area contributed by atoms with Crippen molar-refractivity contribution in [2.45, 2.75) is 31.1 Å². The van der Waals surface area contributed by atoms with E-state index in [0.29, 0.717) is 34.2 Å². The van der Waals surface area contributed by atoms with E-state index in [1.807, 2.05) is 13.8 Å². The van der Waals surface area contributed by atoms with Crippen molar-refractivity contribution < 1.29 is 17.9 Å². The van der Waals surface area contributed by atoms with E-state index in [9.17, 15) is 13.2 Å². The highest BCUT2D eigenvalue weighted by atomic mass is 32.2. The van der Waals surface area contributed by atoms with E-state index in [2.05, 4.69) is 9.39 Å². The van der Waals surface area contributed by atoms with Gasteiger partial charge in [-0.25, -0.2) is 4.99 Å². The van der Waals surface area contributed by atoms with Crippen LogP contribution in [0, 0.1) is 0 Å². The van der Waals surface area contributed by atoms with Crippen molar-refractivity contribution in [2.75, 3.05) is 7.11 Å². The van der Waals surface area contributed by atoms with Crippen molar-refractivity contribution in [3.05, 3.63) is 89.5 Å². The molecule has 1 aliphatic carbocycles. The summed E-state index contributed by atoms with van der Waals surface area (Å²) in [6, 6.07) is 20.6. The highest BCUT2D eigenvalue weighted by Gasteiger charge is 2.29. The predicted octanol–water partition coefficient (Wildman–Crippen LogP) is 5.36. The molecule has 33 heavy (non-hydrogen) atoms. The van der Waals surface area contributed by atoms with Crippen LogP contribution in [0.1, 0.15) is 47.7 Å². The van der Waals surface area contributed by atoms with Crippen LogP contribution in [0.5, 0.6) is 5.75 Å². The van der Waals surface area contributed by atoms with Gasteiger partial charge in [0.15, 0.2) is 0 Å². The Morgan fingerprint density at radius 2 is 1.48 bits per heavy atom. The number of aliphatic imine (C=N–C) groups is 1. The first-order chi connectivity index (χ1) is 15.8. The van der Waals surface area contributed by atoms with Crippen molar-refractivity contribution in [1.29, 1.82) is 0 Å². The third-order valence-corrected chi connectivity index (χ3v) is 6.82. The fraction of sp³-hybridized carbons (Fsp3) is 0.192. The number of carbonyl (C=O) groups excluding carboxylic acids is 1. The molecular weight excluding hydrogens is 436 g/mol. The molecule has 6 nitrogen and oxygen atoms in total. The molecule has 0 aromatic heterocycles. The van der Waals surface area contributed by atoms with E-state index in [1.54, 1.807) is 79.9 Å². The summed E-state index contributed by atoms with van der Waals surface area (Å²) in [6.45, 7) is 4.09. The Balaban J connectivity index is 1.76. The molecule has 0 unspecified atom stereocenters. The Kier molecular flexibility index (Phi) is 6.24. The number of sulfonamides is 1. The lowest BCUT2D eigenvalue weighted by atomic mass is 9.87. The van der Waals surface area contributed by atoms with Crippen LogP contribution in [-0.2, 0) is 10.0 Å². The zero-order chi connectivity index (χ0) is 23.6. The quantitative estimate of drug-likeness (QED) is 0.513. The highest BCUT2D eigenvalue weighted by Crippen LogP contribution is 2.26. The van der Waals surface area contributed by atoms with E-state index >= 15 is 0 Å². The van der Waals surface area contributed by atoms with Crippen LogP contribution in [0.15, 0.2) is 87.1 Å². The first kappa shape index (κ1) is 22.6. The molecule has 168 valence electrons. The molecule has 0 saturated carbocycles. The number of ether oxygens (including phenoxy) is 1. The van der Waals surface area contributed by atoms with E-state index in [0.717, 1.165) is 5.56 Å². The van der Waals surface area contributed by atoms with Gasteiger partial charge < -0.3 is 4.74 Å². The van der Waals surface area contributed by atoms with Crippen molar-refractivity contribution in [2.24, 2.45) is 9.39 Å². The van der Waals surface area contributed by atoms with Crippen LogP contribution in [-0.4, -0.2) is 32.7 Å². The molecule has 1 aliphatic rings. The van der Waals surface area contributed by atoms with Gasteiger partial charge in [0.2, 0.25) is 5.78 Å². The maximum absolute atomic E-state index is 13.1. The zero-order valence-corrected chi connectivity index (χ0v) is 19.5. The summed E-state index contributed by atoms with van der Waals surface area (Å²) in [4.78, 5) is 17.7. The first-order valence-corrected chi connectivity index (χ1v) is 12.0. The fourth-order valence-corrected chi connectivity index (χ4v) is 4.67. The van der Waals surface area contributed by atoms with Crippen molar-refractivity contribution in [3.8, 4) is 5.75 Å². The Morgan fingerprint density at radius 3 is 2.09 bits per heavy atom. The van der Waals surface area contributed by atoms with Crippen molar-refractivity contribution >= 4 is 32.9 Å². The molecular formula is C26H24N2O4S. The molecule has 0 saturated heterocycles. The monoisotopic (exact) mass is 460 g/mol. The molecule has 4 rings (SSSR count). The van der Waals surface area contributed by atoms with Crippen LogP contribution in [0.25, 0.3) is 0 Å². The predicted molar refractivity (Wildman–Crippen MR) is 130 cm³/mol. The molecule has 3 aromatic rings. The second-order valence-corrected chi connectivity index (χ2v) is 9.65. The minimum absolute atomic E-state index is 0.0190. The van der Waals surface area contributed by atoms with Gasteiger partial charge >= 0.3 is 0 Å². The molecule has 0 bridgehead atoms. The SMILES string of the molecule is COc1ccc(N=C2C/C(=N/S(=O)(=O)c3ccc(C(C)C)cc3)c3ccccc3C2=O)cc1. The summed E-state index contributed by atoms with van der Waals surface area (Å²) >= 11 is 0. The number of fused-ring (bicyclic) bond motifs is 1. The van der Waals surface area contributed by atoms with Gasteiger partial charge in [0.1, 0.15) is 5.75 Å². The molecule has 0 amide bonds. The smallest absolute Gasteiger partial charge is 0.282 e. The van der Waals surface area contributed by atoms with E-state index in [4.69, 9.17) is 4.74 Å². The number of methoxy groups -OCH3 is 1. The van der Waals surface area contributed by atoms with Crippen molar-refractivity contribution in [1.82, 2.24) is 0 Å². The molecule has 7 heteroatoms. The second kappa shape index (κ2) is 9.11. The number of nitrogens with zero attached hydrogens (tertiary/aromatic N) is 2. The average molecular weight is 461 g/mol. The minimum atomic E-state index is -3.96. The molecule has 0 spiro atoms. The Bertz CT molecular complexity index is 1350. The van der Waals surface area contributed by atoms with E-state index < -0.39 is 10.0 Å². The molecule has 0 atom stereocenters. The van der Waals surface area contributed by atoms with Crippen molar-refractivity contribution in [3.63, 3.8) is 0 Å². The van der Waals surface area contributed by atoms with Gasteiger partial charge in [-0.05, 0) is 47.9 Å². The Hall–Kier alpha value is -3.58. The Morgan fingerprint density at radius 1 is 0.848 bits per heavy atom. The fourth-order valence-electron chi connectivity index (χ4n) is 3.63. The summed E-state index contributed by atoms with van der Waals surface area (Å²) in [5.74, 6) is 0.733. The summed E-state index contributed by atoms with van der Waals surface area (Å²) in [6.07, 6.45) is 0.0190. The van der Waals surface area contributed by atoms with Crippen LogP contribution in [0.3, 0.4) is 0 Å². The maximum Gasteiger partial charge on any atom is 0.282 e. The number of hydrogen-bond acceptors (Lipinski definition) is 5. The van der Waals surface area contributed by atoms with Crippen LogP contribution in [0.4, 0.5) is 5.69 Å². The summed E-state index contributed by atoms with van der Waals surface area (Å²) in [5.41, 5.74) is 3.06. The number of Topliss-reactive ketones (excluding diaryl/α,β-unsaturated/α-hetero) is 1. The minimum Gasteiger partial charge on any atom is -0.497 e. The first-order valence-electron chi connectivity index (χ1n) is 10.6. The molecule has 3 aromatic carbocycles. The molecule has 0 aliphatic heterocycles. The van der Waals surface area contributed by atoms with Gasteiger partial charge in [0, 0.05) is 17.5 Å². The largest absolute Gasteiger partial charge is 0.497 e. The van der Waals surface area contributed by atoms with Gasteiger partial charge in [0.05, 0.1) is 29.1 Å². The maximum atomic E-state index is 13.1. The molecule has 0 N–H and O–H groups in total. The van der Waals surface area contributed by atoms with Gasteiger partial charge in [-0.2, -0.15) is 12.8 Å². The van der Waals surface area contributed by atoms with E-state index in [-0.39, 0.29) is 22.8 Å². The van der Waals surface area contributed by atoms with Crippen LogP contribution >= 0.6 is 0 Å². The normalized spacial score (nSPS) is 16.3. The second-order valence-electron chi connectivity index (χ2n) is 8.04. The van der Waals surface area contributed by atoms with Crippen LogP contribution in [0.2, 0.25) is 0 Å². The number of carbonyl (C=O) groups is 1. The van der Waals surface area contributed by atoms with Gasteiger partial charge in [-0.3, -0.25) is 4.79 Å². The summed E-state index contributed by atoms with van der Waals surface area (Å²) in [5, 5.41) is 0. The topological polar surface area (TPSA) is 85.2 Å². The number of benzene rings is 3. The van der Waals surface area contributed by atoms with Gasteiger partial charge in [-0.15, -0.1) is 0 Å². The lowest BCUT2D eigenvalue weighted by Gasteiger charge is -2.18.